The first-order valence-electron chi connectivity index (χ1n) is 7.72. The van der Waals surface area contributed by atoms with Gasteiger partial charge in [-0.1, -0.05) is 24.3 Å². The number of hydrogen-bond acceptors (Lipinski definition) is 4. The first kappa shape index (κ1) is 16.3. The van der Waals surface area contributed by atoms with E-state index in [0.717, 1.165) is 22.6 Å². The highest BCUT2D eigenvalue weighted by atomic mass is 32.1. The Morgan fingerprint density at radius 1 is 1.29 bits per heavy atom. The lowest BCUT2D eigenvalue weighted by Crippen LogP contribution is -2.39. The average molecular weight is 345 g/mol. The number of carbonyl (C=O) groups is 2. The Hall–Kier alpha value is -2.54. The zero-order valence-electron chi connectivity index (χ0n) is 13.0. The predicted molar refractivity (Wildman–Crippen MR) is 92.0 cm³/mol. The number of carbonyl (C=O) groups excluding carboxylic acids is 2. The standard InChI is InChI=1S/C17H19N3O3S/c18-17(22)20-13(15-6-3-7-24-15)9-16(21)19-10-12-8-11-4-1-2-5-14(11)23-12/h1-7,12-13H,8-10H2,(H,19,21)(H3,18,20,22)/t12-,13-/m1/s1. The van der Waals surface area contributed by atoms with Gasteiger partial charge in [-0.3, -0.25) is 4.79 Å². The van der Waals surface area contributed by atoms with Gasteiger partial charge in [0, 0.05) is 11.3 Å². The van der Waals surface area contributed by atoms with Gasteiger partial charge in [0.05, 0.1) is 19.0 Å². The van der Waals surface area contributed by atoms with E-state index in [1.165, 1.54) is 11.3 Å². The average Bonchev–Trinajstić information content (AvgIpc) is 3.21. The molecule has 6 nitrogen and oxygen atoms in total. The molecule has 3 rings (SSSR count). The minimum absolute atomic E-state index is 0.0596. The summed E-state index contributed by atoms with van der Waals surface area (Å²) >= 11 is 1.48. The van der Waals surface area contributed by atoms with Crippen LogP contribution in [-0.4, -0.2) is 24.6 Å². The van der Waals surface area contributed by atoms with Crippen molar-refractivity contribution in [1.82, 2.24) is 10.6 Å². The molecule has 1 aromatic heterocycles. The van der Waals surface area contributed by atoms with Crippen molar-refractivity contribution >= 4 is 23.3 Å². The summed E-state index contributed by atoms with van der Waals surface area (Å²) in [7, 11) is 0. The van der Waals surface area contributed by atoms with Crippen LogP contribution >= 0.6 is 11.3 Å². The number of nitrogens with two attached hydrogens (primary N) is 1. The molecule has 2 aromatic rings. The molecule has 0 saturated heterocycles. The summed E-state index contributed by atoms with van der Waals surface area (Å²) < 4.78 is 5.80. The van der Waals surface area contributed by atoms with E-state index in [-0.39, 0.29) is 18.4 Å². The van der Waals surface area contributed by atoms with Gasteiger partial charge in [-0.2, -0.15) is 0 Å². The number of primary amides is 1. The van der Waals surface area contributed by atoms with Gasteiger partial charge in [0.2, 0.25) is 5.91 Å². The quantitative estimate of drug-likeness (QED) is 0.747. The zero-order valence-corrected chi connectivity index (χ0v) is 13.8. The molecule has 2 atom stereocenters. The Balaban J connectivity index is 1.51. The molecule has 3 amide bonds. The van der Waals surface area contributed by atoms with Crippen LogP contribution in [0.25, 0.3) is 0 Å². The molecule has 0 saturated carbocycles. The third-order valence-corrected chi connectivity index (χ3v) is 4.82. The Labute approximate surface area is 144 Å². The molecule has 0 unspecified atom stereocenters. The van der Waals surface area contributed by atoms with Crippen molar-refractivity contribution < 1.29 is 14.3 Å². The first-order chi connectivity index (χ1) is 11.6. The van der Waals surface area contributed by atoms with Crippen molar-refractivity contribution in [3.63, 3.8) is 0 Å². The molecule has 2 heterocycles. The number of fused-ring (bicyclic) bond motifs is 1. The van der Waals surface area contributed by atoms with Crippen molar-refractivity contribution in [3.05, 3.63) is 52.2 Å². The van der Waals surface area contributed by atoms with Crippen LogP contribution in [0.1, 0.15) is 22.9 Å². The Bertz CT molecular complexity index is 693. The minimum atomic E-state index is -0.643. The molecule has 4 N–H and O–H groups in total. The summed E-state index contributed by atoms with van der Waals surface area (Å²) in [5, 5.41) is 7.38. The van der Waals surface area contributed by atoms with Gasteiger partial charge in [-0.25, -0.2) is 4.79 Å². The fraction of sp³-hybridized carbons (Fsp3) is 0.294. The number of ether oxygens (including phenoxy) is 1. The smallest absolute Gasteiger partial charge is 0.312 e. The number of nitrogens with one attached hydrogen (secondary N) is 2. The summed E-state index contributed by atoms with van der Waals surface area (Å²) in [4.78, 5) is 24.2. The maximum atomic E-state index is 12.2. The van der Waals surface area contributed by atoms with Gasteiger partial charge < -0.3 is 21.1 Å². The number of para-hydroxylation sites is 1. The van der Waals surface area contributed by atoms with Gasteiger partial charge in [-0.05, 0) is 23.1 Å². The Kier molecular flexibility index (Phi) is 5.00. The van der Waals surface area contributed by atoms with Crippen molar-refractivity contribution in [2.24, 2.45) is 5.73 Å². The van der Waals surface area contributed by atoms with Crippen LogP contribution in [0.2, 0.25) is 0 Å². The van der Waals surface area contributed by atoms with E-state index >= 15 is 0 Å². The van der Waals surface area contributed by atoms with Gasteiger partial charge in [0.15, 0.2) is 0 Å². The van der Waals surface area contributed by atoms with Crippen LogP contribution in [0.3, 0.4) is 0 Å². The molecule has 7 heteroatoms. The fourth-order valence-corrected chi connectivity index (χ4v) is 3.51. The van der Waals surface area contributed by atoms with Crippen molar-refractivity contribution in [3.8, 4) is 5.75 Å². The number of hydrogen-bond donors (Lipinski definition) is 3. The number of rotatable bonds is 6. The van der Waals surface area contributed by atoms with Crippen LogP contribution in [0.15, 0.2) is 41.8 Å². The van der Waals surface area contributed by atoms with Crippen LogP contribution in [0.5, 0.6) is 5.75 Å². The zero-order chi connectivity index (χ0) is 16.9. The van der Waals surface area contributed by atoms with Gasteiger partial charge >= 0.3 is 6.03 Å². The number of thiophene rings is 1. The molecule has 1 aliphatic heterocycles. The number of benzene rings is 1. The van der Waals surface area contributed by atoms with E-state index in [2.05, 4.69) is 10.6 Å². The number of amides is 3. The SMILES string of the molecule is NC(=O)N[C@H](CC(=O)NC[C@H]1Cc2ccccc2O1)c1cccs1. The summed E-state index contributed by atoms with van der Waals surface area (Å²) in [6.45, 7) is 0.432. The molecule has 0 spiro atoms. The minimum Gasteiger partial charge on any atom is -0.488 e. The van der Waals surface area contributed by atoms with E-state index in [1.807, 2.05) is 41.8 Å². The second-order valence-corrected chi connectivity index (χ2v) is 6.62. The van der Waals surface area contributed by atoms with E-state index < -0.39 is 12.1 Å². The summed E-state index contributed by atoms with van der Waals surface area (Å²) in [6.07, 6.45) is 0.864. The lowest BCUT2D eigenvalue weighted by atomic mass is 10.1. The molecular formula is C17H19N3O3S. The summed E-state index contributed by atoms with van der Waals surface area (Å²) in [5.74, 6) is 0.727. The molecule has 0 bridgehead atoms. The first-order valence-corrected chi connectivity index (χ1v) is 8.60. The third-order valence-electron chi connectivity index (χ3n) is 3.83. The normalized spacial score (nSPS) is 16.8. The molecule has 1 aromatic carbocycles. The highest BCUT2D eigenvalue weighted by molar-refractivity contribution is 7.10. The van der Waals surface area contributed by atoms with Crippen molar-refractivity contribution in [1.29, 1.82) is 0 Å². The third kappa shape index (κ3) is 4.05. The topological polar surface area (TPSA) is 93.5 Å². The van der Waals surface area contributed by atoms with E-state index in [4.69, 9.17) is 10.5 Å². The molecule has 24 heavy (non-hydrogen) atoms. The second kappa shape index (κ2) is 7.35. The summed E-state index contributed by atoms with van der Waals surface area (Å²) in [5.41, 5.74) is 6.36. The molecule has 0 aliphatic carbocycles. The highest BCUT2D eigenvalue weighted by Gasteiger charge is 2.24. The number of urea groups is 1. The van der Waals surface area contributed by atoms with Crippen LogP contribution in [0.4, 0.5) is 4.79 Å². The maximum Gasteiger partial charge on any atom is 0.312 e. The van der Waals surface area contributed by atoms with Gasteiger partial charge in [0.25, 0.3) is 0 Å². The summed E-state index contributed by atoms with van der Waals surface area (Å²) in [6, 6.07) is 10.6. The van der Waals surface area contributed by atoms with E-state index in [0.29, 0.717) is 6.54 Å². The highest BCUT2D eigenvalue weighted by Crippen LogP contribution is 2.28. The molecule has 126 valence electrons. The molecular weight excluding hydrogens is 326 g/mol. The fourth-order valence-electron chi connectivity index (χ4n) is 2.74. The van der Waals surface area contributed by atoms with Crippen molar-refractivity contribution in [2.45, 2.75) is 25.0 Å². The molecule has 0 radical (unpaired) electrons. The van der Waals surface area contributed by atoms with Crippen LogP contribution in [-0.2, 0) is 11.2 Å². The van der Waals surface area contributed by atoms with Crippen LogP contribution < -0.4 is 21.1 Å². The monoisotopic (exact) mass is 345 g/mol. The molecule has 0 fully saturated rings. The Morgan fingerprint density at radius 3 is 2.83 bits per heavy atom. The van der Waals surface area contributed by atoms with E-state index in [1.54, 1.807) is 0 Å². The molecule has 1 aliphatic rings. The van der Waals surface area contributed by atoms with Gasteiger partial charge in [-0.15, -0.1) is 11.3 Å². The van der Waals surface area contributed by atoms with Gasteiger partial charge in [0.1, 0.15) is 11.9 Å². The lowest BCUT2D eigenvalue weighted by molar-refractivity contribution is -0.121. The predicted octanol–water partition coefficient (Wildman–Crippen LogP) is 1.97. The Morgan fingerprint density at radius 2 is 2.12 bits per heavy atom. The largest absolute Gasteiger partial charge is 0.488 e. The second-order valence-electron chi connectivity index (χ2n) is 5.64. The maximum absolute atomic E-state index is 12.2. The lowest BCUT2D eigenvalue weighted by Gasteiger charge is -2.17. The van der Waals surface area contributed by atoms with Crippen molar-refractivity contribution in [2.75, 3.05) is 6.54 Å². The van der Waals surface area contributed by atoms with E-state index in [9.17, 15) is 9.59 Å². The van der Waals surface area contributed by atoms with Crippen LogP contribution in [0, 0.1) is 0 Å².